The van der Waals surface area contributed by atoms with E-state index in [1.807, 2.05) is 24.3 Å². The van der Waals surface area contributed by atoms with E-state index in [9.17, 15) is 0 Å². The molecule has 0 saturated carbocycles. The van der Waals surface area contributed by atoms with Gasteiger partial charge in [-0.2, -0.15) is 9.61 Å². The standard InChI is InChI=1S/C23H27N7OSi/c1-5-32(6-2,7-3)13-11-17-8-9-21-27-28-22(30(21)29-17)16-25-19-10-12-24-20-14-18(31-4)15-26-23(19)20/h8-10,12,14-15H,5-7,16H2,1-4H3,(H,24,25). The van der Waals surface area contributed by atoms with Gasteiger partial charge in [-0.1, -0.05) is 26.7 Å². The van der Waals surface area contributed by atoms with E-state index in [1.165, 1.54) is 0 Å². The van der Waals surface area contributed by atoms with E-state index in [-0.39, 0.29) is 0 Å². The maximum absolute atomic E-state index is 5.24. The van der Waals surface area contributed by atoms with Gasteiger partial charge in [-0.05, 0) is 36.3 Å². The van der Waals surface area contributed by atoms with Gasteiger partial charge < -0.3 is 10.1 Å². The summed E-state index contributed by atoms with van der Waals surface area (Å²) < 4.78 is 7.00. The molecule has 0 fully saturated rings. The summed E-state index contributed by atoms with van der Waals surface area (Å²) in [5.41, 5.74) is 7.41. The number of pyridine rings is 2. The van der Waals surface area contributed by atoms with Crippen molar-refractivity contribution < 1.29 is 4.74 Å². The lowest BCUT2D eigenvalue weighted by Gasteiger charge is -2.19. The molecule has 164 valence electrons. The quantitative estimate of drug-likeness (QED) is 0.338. The number of nitrogens with zero attached hydrogens (tertiary/aromatic N) is 6. The van der Waals surface area contributed by atoms with Gasteiger partial charge in [-0.25, -0.2) is 4.98 Å². The second kappa shape index (κ2) is 9.32. The summed E-state index contributed by atoms with van der Waals surface area (Å²) in [6.45, 7) is 7.20. The number of ether oxygens (including phenoxy) is 1. The number of hydrogen-bond acceptors (Lipinski definition) is 7. The van der Waals surface area contributed by atoms with Gasteiger partial charge in [0.2, 0.25) is 0 Å². The Hall–Kier alpha value is -3.51. The van der Waals surface area contributed by atoms with Crippen LogP contribution >= 0.6 is 0 Å². The number of aromatic nitrogens is 6. The van der Waals surface area contributed by atoms with Gasteiger partial charge in [0.25, 0.3) is 0 Å². The number of anilines is 1. The second-order valence-electron chi connectivity index (χ2n) is 7.65. The van der Waals surface area contributed by atoms with Crippen molar-refractivity contribution in [3.63, 3.8) is 0 Å². The average molecular weight is 446 g/mol. The first-order valence-electron chi connectivity index (χ1n) is 10.9. The zero-order valence-corrected chi connectivity index (χ0v) is 19.9. The number of nitrogens with one attached hydrogen (secondary N) is 1. The maximum atomic E-state index is 5.24. The van der Waals surface area contributed by atoms with Crippen LogP contribution in [0.3, 0.4) is 0 Å². The third-order valence-corrected chi connectivity index (χ3v) is 10.8. The zero-order valence-electron chi connectivity index (χ0n) is 18.9. The summed E-state index contributed by atoms with van der Waals surface area (Å²) in [4.78, 5) is 8.86. The fourth-order valence-electron chi connectivity index (χ4n) is 3.66. The predicted molar refractivity (Wildman–Crippen MR) is 128 cm³/mol. The van der Waals surface area contributed by atoms with Crippen LogP contribution in [0.5, 0.6) is 5.75 Å². The second-order valence-corrected chi connectivity index (χ2v) is 12.6. The predicted octanol–water partition coefficient (Wildman–Crippen LogP) is 4.09. The third-order valence-electron chi connectivity index (χ3n) is 6.04. The Balaban J connectivity index is 1.60. The van der Waals surface area contributed by atoms with E-state index in [2.05, 4.69) is 57.7 Å². The molecular formula is C23H27N7OSi. The number of methoxy groups -OCH3 is 1. The highest BCUT2D eigenvalue weighted by molar-refractivity contribution is 6.87. The number of fused-ring (bicyclic) bond motifs is 2. The zero-order chi connectivity index (χ0) is 22.6. The Labute approximate surface area is 188 Å². The summed E-state index contributed by atoms with van der Waals surface area (Å²) in [6, 6.07) is 11.1. The van der Waals surface area contributed by atoms with Crippen molar-refractivity contribution in [1.29, 1.82) is 0 Å². The minimum Gasteiger partial charge on any atom is -0.495 e. The van der Waals surface area contributed by atoms with Crippen LogP contribution in [0.1, 0.15) is 32.3 Å². The van der Waals surface area contributed by atoms with E-state index >= 15 is 0 Å². The van der Waals surface area contributed by atoms with Crippen molar-refractivity contribution in [2.24, 2.45) is 0 Å². The maximum Gasteiger partial charge on any atom is 0.178 e. The van der Waals surface area contributed by atoms with Crippen LogP contribution < -0.4 is 10.1 Å². The van der Waals surface area contributed by atoms with Crippen LogP contribution in [-0.4, -0.2) is 45.0 Å². The van der Waals surface area contributed by atoms with Crippen molar-refractivity contribution in [3.8, 4) is 17.2 Å². The largest absolute Gasteiger partial charge is 0.495 e. The van der Waals surface area contributed by atoms with Crippen LogP contribution in [0, 0.1) is 11.5 Å². The molecule has 0 bridgehead atoms. The summed E-state index contributed by atoms with van der Waals surface area (Å²) in [5, 5.41) is 16.6. The first kappa shape index (κ1) is 21.7. The molecule has 0 aliphatic carbocycles. The minimum absolute atomic E-state index is 0.440. The Kier molecular flexibility index (Phi) is 6.32. The van der Waals surface area contributed by atoms with E-state index in [1.54, 1.807) is 24.0 Å². The molecule has 8 nitrogen and oxygen atoms in total. The monoisotopic (exact) mass is 445 g/mol. The van der Waals surface area contributed by atoms with Gasteiger partial charge in [-0.3, -0.25) is 4.98 Å². The summed E-state index contributed by atoms with van der Waals surface area (Å²) in [6.07, 6.45) is 3.42. The molecule has 4 aromatic heterocycles. The van der Waals surface area contributed by atoms with E-state index in [4.69, 9.17) is 9.84 Å². The van der Waals surface area contributed by atoms with Crippen LogP contribution in [-0.2, 0) is 6.54 Å². The number of hydrogen-bond donors (Lipinski definition) is 1. The first-order chi connectivity index (χ1) is 15.6. The van der Waals surface area contributed by atoms with Gasteiger partial charge in [0.15, 0.2) is 11.5 Å². The Bertz CT molecular complexity index is 1300. The smallest absolute Gasteiger partial charge is 0.178 e. The lowest BCUT2D eigenvalue weighted by atomic mass is 10.2. The van der Waals surface area contributed by atoms with Crippen LogP contribution in [0.4, 0.5) is 5.69 Å². The molecular weight excluding hydrogens is 418 g/mol. The van der Waals surface area contributed by atoms with Gasteiger partial charge >= 0.3 is 0 Å². The SMILES string of the molecule is CC[Si](C#Cc1ccc2nnc(CNc3ccnc4cc(OC)cnc34)n2n1)(CC)CC. The van der Waals surface area contributed by atoms with Crippen LogP contribution in [0.15, 0.2) is 36.7 Å². The molecule has 0 spiro atoms. The number of rotatable bonds is 7. The normalized spacial score (nSPS) is 11.4. The van der Waals surface area contributed by atoms with Gasteiger partial charge in [0, 0.05) is 12.3 Å². The highest BCUT2D eigenvalue weighted by Crippen LogP contribution is 2.23. The van der Waals surface area contributed by atoms with Crippen LogP contribution in [0.25, 0.3) is 16.7 Å². The molecule has 4 aromatic rings. The fraction of sp³-hybridized carbons (Fsp3) is 0.348. The Morgan fingerprint density at radius 3 is 2.62 bits per heavy atom. The van der Waals surface area contributed by atoms with Crippen molar-refractivity contribution >= 4 is 30.4 Å². The average Bonchev–Trinajstić information content (AvgIpc) is 3.25. The molecule has 0 atom stereocenters. The summed E-state index contributed by atoms with van der Waals surface area (Å²) in [7, 11) is 0.0797. The molecule has 4 rings (SSSR count). The highest BCUT2D eigenvalue weighted by Gasteiger charge is 2.24. The van der Waals surface area contributed by atoms with E-state index < -0.39 is 8.07 Å². The Morgan fingerprint density at radius 1 is 1.06 bits per heavy atom. The lowest BCUT2D eigenvalue weighted by molar-refractivity contribution is 0.413. The molecule has 0 aliphatic rings. The molecule has 0 aliphatic heterocycles. The molecule has 0 amide bonds. The molecule has 0 saturated heterocycles. The topological polar surface area (TPSA) is 90.1 Å². The van der Waals surface area contributed by atoms with Gasteiger partial charge in [-0.15, -0.1) is 15.7 Å². The molecule has 0 aromatic carbocycles. The van der Waals surface area contributed by atoms with Crippen molar-refractivity contribution in [1.82, 2.24) is 29.8 Å². The fourth-order valence-corrected chi connectivity index (χ4v) is 6.09. The first-order valence-corrected chi connectivity index (χ1v) is 13.5. The molecule has 9 heteroatoms. The van der Waals surface area contributed by atoms with Crippen molar-refractivity contribution in [3.05, 3.63) is 48.2 Å². The van der Waals surface area contributed by atoms with Crippen molar-refractivity contribution in [2.75, 3.05) is 12.4 Å². The summed E-state index contributed by atoms with van der Waals surface area (Å²) in [5.74, 6) is 4.70. The highest BCUT2D eigenvalue weighted by atomic mass is 28.3. The van der Waals surface area contributed by atoms with Crippen molar-refractivity contribution in [2.45, 2.75) is 45.4 Å². The molecule has 0 unspecified atom stereocenters. The Morgan fingerprint density at radius 2 is 1.88 bits per heavy atom. The third kappa shape index (κ3) is 4.27. The van der Waals surface area contributed by atoms with Gasteiger partial charge in [0.05, 0.1) is 31.1 Å². The van der Waals surface area contributed by atoms with Gasteiger partial charge in [0.1, 0.15) is 25.0 Å². The van der Waals surface area contributed by atoms with Crippen LogP contribution in [0.2, 0.25) is 18.1 Å². The van der Waals surface area contributed by atoms with E-state index in [0.717, 1.165) is 40.5 Å². The molecule has 32 heavy (non-hydrogen) atoms. The summed E-state index contributed by atoms with van der Waals surface area (Å²) >= 11 is 0. The molecule has 1 N–H and O–H groups in total. The minimum atomic E-state index is -1.53. The molecule has 4 heterocycles. The van der Waals surface area contributed by atoms with E-state index in [0.29, 0.717) is 23.8 Å². The molecule has 0 radical (unpaired) electrons. The lowest BCUT2D eigenvalue weighted by Crippen LogP contribution is -2.29.